The van der Waals surface area contributed by atoms with E-state index in [1.165, 1.54) is 0 Å². The lowest BCUT2D eigenvalue weighted by Crippen LogP contribution is -2.49. The molecule has 2 aliphatic heterocycles. The monoisotopic (exact) mass is 238 g/mol. The van der Waals surface area contributed by atoms with Crippen molar-refractivity contribution in [2.45, 2.75) is 65.1 Å². The van der Waals surface area contributed by atoms with Crippen LogP contribution in [-0.4, -0.2) is 45.9 Å². The van der Waals surface area contributed by atoms with E-state index >= 15 is 0 Å². The van der Waals surface area contributed by atoms with Gasteiger partial charge in [-0.1, -0.05) is 0 Å². The average Bonchev–Trinajstić information content (AvgIpc) is 2.63. The van der Waals surface area contributed by atoms with Gasteiger partial charge >= 0.3 is 0 Å². The second-order valence-electron chi connectivity index (χ2n) is 7.45. The fraction of sp³-hybridized carbons (Fsp3) is 0.929. The van der Waals surface area contributed by atoms with Crippen molar-refractivity contribution in [3.05, 3.63) is 0 Å². The van der Waals surface area contributed by atoms with Gasteiger partial charge in [-0.05, 0) is 54.5 Å². The van der Waals surface area contributed by atoms with E-state index in [2.05, 4.69) is 51.3 Å². The van der Waals surface area contributed by atoms with Gasteiger partial charge in [-0.15, -0.1) is 0 Å². The minimum absolute atomic E-state index is 0.0367. The molecule has 0 radical (unpaired) electrons. The Balaban J connectivity index is 2.20. The lowest BCUT2D eigenvalue weighted by Gasteiger charge is -2.38. The molecule has 2 fully saturated rings. The van der Waals surface area contributed by atoms with Gasteiger partial charge in [-0.3, -0.25) is 9.69 Å². The maximum Gasteiger partial charge on any atom is 0.227 e. The molecular weight excluding hydrogens is 212 g/mol. The minimum Gasteiger partial charge on any atom is -0.336 e. The van der Waals surface area contributed by atoms with Crippen LogP contribution < -0.4 is 0 Å². The molecule has 3 heteroatoms. The molecule has 0 aromatic rings. The number of amides is 1. The molecule has 0 aromatic carbocycles. The highest BCUT2D eigenvalue weighted by Gasteiger charge is 2.51. The topological polar surface area (TPSA) is 23.6 Å². The van der Waals surface area contributed by atoms with Gasteiger partial charge in [0.1, 0.15) is 0 Å². The molecule has 0 N–H and O–H groups in total. The molecular formula is C14H26N2O. The third kappa shape index (κ3) is 2.10. The van der Waals surface area contributed by atoms with Crippen LogP contribution in [0, 0.1) is 5.92 Å². The second-order valence-corrected chi connectivity index (χ2v) is 7.45. The van der Waals surface area contributed by atoms with Crippen LogP contribution in [-0.2, 0) is 4.79 Å². The van der Waals surface area contributed by atoms with Crippen molar-refractivity contribution in [1.82, 2.24) is 9.80 Å². The molecule has 0 saturated carbocycles. The fourth-order valence-electron chi connectivity index (χ4n) is 3.28. The Morgan fingerprint density at radius 3 is 2.12 bits per heavy atom. The quantitative estimate of drug-likeness (QED) is 0.645. The molecule has 2 saturated heterocycles. The van der Waals surface area contributed by atoms with Gasteiger partial charge in [0.25, 0.3) is 0 Å². The zero-order chi connectivity index (χ0) is 13.0. The number of likely N-dealkylation sites (tertiary alicyclic amines) is 2. The number of hydrogen-bond acceptors (Lipinski definition) is 2. The number of fused-ring (bicyclic) bond motifs is 1. The van der Waals surface area contributed by atoms with E-state index in [1.807, 2.05) is 0 Å². The molecule has 2 heterocycles. The summed E-state index contributed by atoms with van der Waals surface area (Å²) in [5.41, 5.74) is 0.137. The zero-order valence-electron chi connectivity index (χ0n) is 12.1. The largest absolute Gasteiger partial charge is 0.336 e. The SMILES string of the molecule is CC(C)(C)N1CC2C(CCN2C(C)(C)C)C1=O. The first-order valence-corrected chi connectivity index (χ1v) is 6.70. The first-order valence-electron chi connectivity index (χ1n) is 6.70. The van der Waals surface area contributed by atoms with Gasteiger partial charge < -0.3 is 4.90 Å². The minimum atomic E-state index is -0.0367. The lowest BCUT2D eigenvalue weighted by atomic mass is 10.0. The lowest BCUT2D eigenvalue weighted by molar-refractivity contribution is -0.134. The Morgan fingerprint density at radius 2 is 1.65 bits per heavy atom. The van der Waals surface area contributed by atoms with E-state index in [0.717, 1.165) is 19.5 Å². The molecule has 3 nitrogen and oxygen atoms in total. The van der Waals surface area contributed by atoms with E-state index in [4.69, 9.17) is 0 Å². The summed E-state index contributed by atoms with van der Waals surface area (Å²) >= 11 is 0. The Bertz CT molecular complexity index is 324. The van der Waals surface area contributed by atoms with Crippen LogP contribution in [0.5, 0.6) is 0 Å². The normalized spacial score (nSPS) is 31.2. The third-order valence-corrected chi connectivity index (χ3v) is 4.17. The van der Waals surface area contributed by atoms with Crippen molar-refractivity contribution in [1.29, 1.82) is 0 Å². The number of rotatable bonds is 0. The Morgan fingerprint density at radius 1 is 1.06 bits per heavy atom. The van der Waals surface area contributed by atoms with E-state index < -0.39 is 0 Å². The molecule has 1 amide bonds. The van der Waals surface area contributed by atoms with Gasteiger partial charge in [0.05, 0.1) is 5.92 Å². The standard InChI is InChI=1S/C14H26N2O/c1-13(2,3)15-8-7-10-11(15)9-16(12(10)17)14(4,5)6/h10-11H,7-9H2,1-6H3. The predicted molar refractivity (Wildman–Crippen MR) is 69.8 cm³/mol. The predicted octanol–water partition coefficient (Wildman–Crippen LogP) is 2.12. The summed E-state index contributed by atoms with van der Waals surface area (Å²) in [7, 11) is 0. The van der Waals surface area contributed by atoms with Gasteiger partial charge in [0.15, 0.2) is 0 Å². The van der Waals surface area contributed by atoms with Crippen molar-refractivity contribution in [3.63, 3.8) is 0 Å². The molecule has 0 aromatic heterocycles. The smallest absolute Gasteiger partial charge is 0.227 e. The summed E-state index contributed by atoms with van der Waals surface area (Å²) in [6.07, 6.45) is 1.04. The van der Waals surface area contributed by atoms with E-state index in [9.17, 15) is 4.79 Å². The van der Waals surface area contributed by atoms with Crippen LogP contribution in [0.2, 0.25) is 0 Å². The van der Waals surface area contributed by atoms with Crippen molar-refractivity contribution in [3.8, 4) is 0 Å². The highest BCUT2D eigenvalue weighted by atomic mass is 16.2. The maximum atomic E-state index is 12.4. The van der Waals surface area contributed by atoms with E-state index in [-0.39, 0.29) is 17.0 Å². The molecule has 0 bridgehead atoms. The van der Waals surface area contributed by atoms with Gasteiger partial charge in [0, 0.05) is 23.7 Å². The van der Waals surface area contributed by atoms with Gasteiger partial charge in [-0.2, -0.15) is 0 Å². The van der Waals surface area contributed by atoms with Crippen molar-refractivity contribution >= 4 is 5.91 Å². The van der Waals surface area contributed by atoms with Gasteiger partial charge in [-0.25, -0.2) is 0 Å². The van der Waals surface area contributed by atoms with E-state index in [0.29, 0.717) is 11.9 Å². The highest BCUT2D eigenvalue weighted by Crippen LogP contribution is 2.39. The van der Waals surface area contributed by atoms with Crippen LogP contribution in [0.1, 0.15) is 48.0 Å². The summed E-state index contributed by atoms with van der Waals surface area (Å²) in [5.74, 6) is 0.614. The summed E-state index contributed by atoms with van der Waals surface area (Å²) in [6, 6.07) is 0.432. The Labute approximate surface area is 105 Å². The fourth-order valence-corrected chi connectivity index (χ4v) is 3.28. The van der Waals surface area contributed by atoms with Crippen molar-refractivity contribution in [2.75, 3.05) is 13.1 Å². The molecule has 17 heavy (non-hydrogen) atoms. The average molecular weight is 238 g/mol. The number of carbonyl (C=O) groups is 1. The van der Waals surface area contributed by atoms with Gasteiger partial charge in [0.2, 0.25) is 5.91 Å². The van der Waals surface area contributed by atoms with Crippen molar-refractivity contribution in [2.24, 2.45) is 5.92 Å². The molecule has 2 rings (SSSR count). The van der Waals surface area contributed by atoms with Crippen LogP contribution in [0.25, 0.3) is 0 Å². The number of nitrogens with zero attached hydrogens (tertiary/aromatic N) is 2. The number of hydrogen-bond donors (Lipinski definition) is 0. The molecule has 2 atom stereocenters. The summed E-state index contributed by atoms with van der Waals surface area (Å²) in [5, 5.41) is 0. The van der Waals surface area contributed by atoms with Crippen LogP contribution in [0.3, 0.4) is 0 Å². The molecule has 98 valence electrons. The second kappa shape index (κ2) is 3.71. The zero-order valence-corrected chi connectivity index (χ0v) is 12.1. The van der Waals surface area contributed by atoms with Crippen LogP contribution in [0.4, 0.5) is 0 Å². The van der Waals surface area contributed by atoms with Crippen LogP contribution >= 0.6 is 0 Å². The molecule has 2 aliphatic rings. The summed E-state index contributed by atoms with van der Waals surface area (Å²) in [4.78, 5) is 17.0. The molecule has 2 unspecified atom stereocenters. The number of carbonyl (C=O) groups excluding carboxylic acids is 1. The van der Waals surface area contributed by atoms with Crippen molar-refractivity contribution < 1.29 is 4.79 Å². The summed E-state index contributed by atoms with van der Waals surface area (Å²) in [6.45, 7) is 15.1. The highest BCUT2D eigenvalue weighted by molar-refractivity contribution is 5.83. The summed E-state index contributed by atoms with van der Waals surface area (Å²) < 4.78 is 0. The Hall–Kier alpha value is -0.570. The van der Waals surface area contributed by atoms with E-state index in [1.54, 1.807) is 0 Å². The maximum absolute atomic E-state index is 12.4. The third-order valence-electron chi connectivity index (χ3n) is 4.17. The first-order chi connectivity index (χ1) is 7.62. The first kappa shape index (κ1) is 12.9. The Kier molecular flexibility index (Phi) is 2.81. The molecule has 0 spiro atoms. The van der Waals surface area contributed by atoms with Crippen LogP contribution in [0.15, 0.2) is 0 Å². The molecule has 0 aliphatic carbocycles.